The highest BCUT2D eigenvalue weighted by Gasteiger charge is 2.27. The highest BCUT2D eigenvalue weighted by Crippen LogP contribution is 2.34. The molecule has 1 fully saturated rings. The molecule has 3 aromatic heterocycles. The van der Waals surface area contributed by atoms with Gasteiger partial charge in [0.05, 0.1) is 12.2 Å². The average molecular weight is 493 g/mol. The molecule has 0 atom stereocenters. The van der Waals surface area contributed by atoms with Gasteiger partial charge in [-0.15, -0.1) is 0 Å². The van der Waals surface area contributed by atoms with Gasteiger partial charge in [0.2, 0.25) is 5.43 Å². The van der Waals surface area contributed by atoms with E-state index in [-0.39, 0.29) is 34.0 Å². The van der Waals surface area contributed by atoms with Crippen molar-refractivity contribution in [3.05, 3.63) is 87.7 Å². The van der Waals surface area contributed by atoms with Crippen LogP contribution >= 0.6 is 11.6 Å². The van der Waals surface area contributed by atoms with E-state index in [9.17, 15) is 14.0 Å². The fraction of sp³-hybridized carbons (Fsp3) is 0.125. The molecule has 35 heavy (non-hydrogen) atoms. The normalized spacial score (nSPS) is 12.9. The molecule has 5 rings (SSSR count). The minimum atomic E-state index is -0.638. The molecule has 9 nitrogen and oxygen atoms in total. The van der Waals surface area contributed by atoms with Crippen LogP contribution in [0.1, 0.15) is 29.2 Å². The molecule has 4 aromatic rings. The Balaban J connectivity index is 1.39. The number of rotatable bonds is 6. The fourth-order valence-electron chi connectivity index (χ4n) is 3.34. The number of nitrogens with two attached hydrogens (primary N) is 1. The summed E-state index contributed by atoms with van der Waals surface area (Å²) in [7, 11) is 0. The summed E-state index contributed by atoms with van der Waals surface area (Å²) in [6, 6.07) is 10.2. The third kappa shape index (κ3) is 4.82. The molecule has 0 bridgehead atoms. The highest BCUT2D eigenvalue weighted by molar-refractivity contribution is 6.34. The van der Waals surface area contributed by atoms with E-state index >= 15 is 0 Å². The van der Waals surface area contributed by atoms with Gasteiger partial charge in [-0.2, -0.15) is 5.10 Å². The Kier molecular flexibility index (Phi) is 5.87. The molecule has 1 aliphatic rings. The van der Waals surface area contributed by atoms with Crippen LogP contribution in [0, 0.1) is 5.82 Å². The molecule has 11 heteroatoms. The molecule has 1 saturated carbocycles. The van der Waals surface area contributed by atoms with Gasteiger partial charge in [-0.3, -0.25) is 14.3 Å². The summed E-state index contributed by atoms with van der Waals surface area (Å²) in [6.07, 6.45) is 6.09. The summed E-state index contributed by atoms with van der Waals surface area (Å²) in [5.41, 5.74) is 5.53. The summed E-state index contributed by atoms with van der Waals surface area (Å²) < 4.78 is 20.6. The Morgan fingerprint density at radius 3 is 2.60 bits per heavy atom. The predicted molar refractivity (Wildman–Crippen MR) is 128 cm³/mol. The molecule has 1 aromatic carbocycles. The topological polar surface area (TPSA) is 125 Å². The zero-order valence-electron chi connectivity index (χ0n) is 18.1. The Morgan fingerprint density at radius 2 is 1.91 bits per heavy atom. The first-order valence-electron chi connectivity index (χ1n) is 10.6. The smallest absolute Gasteiger partial charge is 0.262 e. The Morgan fingerprint density at radius 1 is 1.14 bits per heavy atom. The molecule has 0 radical (unpaired) electrons. The lowest BCUT2D eigenvalue weighted by Crippen LogP contribution is -2.26. The summed E-state index contributed by atoms with van der Waals surface area (Å²) >= 11 is 6.08. The fourth-order valence-corrected chi connectivity index (χ4v) is 3.49. The van der Waals surface area contributed by atoms with Crippen LogP contribution in [0.4, 0.5) is 16.0 Å². The third-order valence-corrected chi connectivity index (χ3v) is 5.69. The first-order chi connectivity index (χ1) is 16.9. The van der Waals surface area contributed by atoms with E-state index in [2.05, 4.69) is 20.4 Å². The quantitative estimate of drug-likeness (QED) is 0.407. The van der Waals surface area contributed by atoms with E-state index < -0.39 is 17.2 Å². The van der Waals surface area contributed by atoms with Crippen molar-refractivity contribution in [2.24, 2.45) is 0 Å². The number of nitrogen functional groups attached to an aromatic ring is 1. The molecule has 3 heterocycles. The number of aromatic nitrogens is 4. The number of carbonyl (C=O) groups excluding carboxylic acids is 1. The zero-order chi connectivity index (χ0) is 24.5. The Hall–Kier alpha value is -4.31. The predicted octanol–water partition coefficient (Wildman–Crippen LogP) is 4.45. The second kappa shape index (κ2) is 9.15. The standard InChI is InChI=1S/C24H18ClFN6O3/c25-20-18(9-10-28-23(20)27)35-16-7-8-19(29-11-16)30-24(34)17-12-32(15-5-6-15)31-21(22(17)33)13-1-3-14(26)4-2-13/h1-4,7-12,15H,5-6H2,(H2,27,28)(H,29,30,34). The Labute approximate surface area is 203 Å². The van der Waals surface area contributed by atoms with E-state index in [0.717, 1.165) is 12.8 Å². The van der Waals surface area contributed by atoms with Crippen molar-refractivity contribution in [3.8, 4) is 22.8 Å². The number of amides is 1. The lowest BCUT2D eigenvalue weighted by molar-refractivity contribution is 0.102. The monoisotopic (exact) mass is 492 g/mol. The van der Waals surface area contributed by atoms with Gasteiger partial charge in [-0.05, 0) is 49.2 Å². The minimum absolute atomic E-state index is 0.0785. The number of halogens is 2. The van der Waals surface area contributed by atoms with Gasteiger partial charge in [0.25, 0.3) is 5.91 Å². The largest absolute Gasteiger partial charge is 0.454 e. The first-order valence-corrected chi connectivity index (χ1v) is 11.0. The molecule has 0 saturated heterocycles. The van der Waals surface area contributed by atoms with Gasteiger partial charge in [0, 0.05) is 24.0 Å². The molecule has 1 amide bonds. The number of carbonyl (C=O) groups is 1. The number of benzene rings is 1. The van der Waals surface area contributed by atoms with Crippen molar-refractivity contribution in [1.82, 2.24) is 19.7 Å². The molecule has 1 aliphatic carbocycles. The van der Waals surface area contributed by atoms with Crippen LogP contribution in [0.2, 0.25) is 5.02 Å². The number of hydrogen-bond acceptors (Lipinski definition) is 7. The number of hydrogen-bond donors (Lipinski definition) is 2. The van der Waals surface area contributed by atoms with Crippen LogP contribution in [0.15, 0.2) is 65.8 Å². The molecular weight excluding hydrogens is 475 g/mol. The summed E-state index contributed by atoms with van der Waals surface area (Å²) in [4.78, 5) is 34.1. The number of ether oxygens (including phenoxy) is 1. The van der Waals surface area contributed by atoms with E-state index in [4.69, 9.17) is 22.1 Å². The lowest BCUT2D eigenvalue weighted by Gasteiger charge is -2.11. The van der Waals surface area contributed by atoms with Crippen LogP contribution in [0.5, 0.6) is 11.5 Å². The van der Waals surface area contributed by atoms with Crippen molar-refractivity contribution in [2.75, 3.05) is 11.1 Å². The number of nitrogens with zero attached hydrogens (tertiary/aromatic N) is 4. The second-order valence-corrected chi connectivity index (χ2v) is 8.26. The van der Waals surface area contributed by atoms with Crippen LogP contribution in [-0.4, -0.2) is 25.7 Å². The average Bonchev–Trinajstić information content (AvgIpc) is 3.70. The van der Waals surface area contributed by atoms with E-state index in [0.29, 0.717) is 17.1 Å². The maximum absolute atomic E-state index is 13.4. The number of nitrogens with one attached hydrogen (secondary N) is 1. The lowest BCUT2D eigenvalue weighted by atomic mass is 10.1. The van der Waals surface area contributed by atoms with Crippen LogP contribution in [0.3, 0.4) is 0 Å². The molecule has 3 N–H and O–H groups in total. The van der Waals surface area contributed by atoms with Gasteiger partial charge in [0.1, 0.15) is 39.5 Å². The molecular formula is C24H18ClFN6O3. The zero-order valence-corrected chi connectivity index (χ0v) is 18.9. The minimum Gasteiger partial charge on any atom is -0.454 e. The SMILES string of the molecule is Nc1nccc(Oc2ccc(NC(=O)c3cn(C4CC4)nc(-c4ccc(F)cc4)c3=O)nc2)c1Cl. The van der Waals surface area contributed by atoms with Gasteiger partial charge in [-0.1, -0.05) is 11.6 Å². The van der Waals surface area contributed by atoms with Crippen molar-refractivity contribution in [1.29, 1.82) is 0 Å². The molecule has 0 aliphatic heterocycles. The first kappa shape index (κ1) is 22.5. The van der Waals surface area contributed by atoms with Crippen LogP contribution < -0.4 is 21.2 Å². The van der Waals surface area contributed by atoms with Gasteiger partial charge in [0.15, 0.2) is 5.75 Å². The summed E-state index contributed by atoms with van der Waals surface area (Å²) in [5, 5.41) is 7.19. The van der Waals surface area contributed by atoms with Crippen molar-refractivity contribution in [3.63, 3.8) is 0 Å². The summed E-state index contributed by atoms with van der Waals surface area (Å²) in [6.45, 7) is 0. The Bertz CT molecular complexity index is 1470. The molecule has 0 unspecified atom stereocenters. The van der Waals surface area contributed by atoms with Gasteiger partial charge >= 0.3 is 0 Å². The summed E-state index contributed by atoms with van der Waals surface area (Å²) in [5.74, 6) is -0.0624. The van der Waals surface area contributed by atoms with Crippen molar-refractivity contribution >= 4 is 29.1 Å². The van der Waals surface area contributed by atoms with Crippen molar-refractivity contribution in [2.45, 2.75) is 18.9 Å². The van der Waals surface area contributed by atoms with E-state index in [1.165, 1.54) is 48.9 Å². The van der Waals surface area contributed by atoms with E-state index in [1.807, 2.05) is 0 Å². The maximum atomic E-state index is 13.4. The van der Waals surface area contributed by atoms with Crippen LogP contribution in [0.25, 0.3) is 11.3 Å². The van der Waals surface area contributed by atoms with Gasteiger partial charge in [-0.25, -0.2) is 14.4 Å². The number of anilines is 2. The maximum Gasteiger partial charge on any atom is 0.262 e. The molecule has 0 spiro atoms. The van der Waals surface area contributed by atoms with E-state index in [1.54, 1.807) is 16.8 Å². The molecule has 176 valence electrons. The van der Waals surface area contributed by atoms with Gasteiger partial charge < -0.3 is 15.8 Å². The highest BCUT2D eigenvalue weighted by atomic mass is 35.5. The van der Waals surface area contributed by atoms with Crippen molar-refractivity contribution < 1.29 is 13.9 Å². The van der Waals surface area contributed by atoms with Crippen LogP contribution in [-0.2, 0) is 0 Å². The second-order valence-electron chi connectivity index (χ2n) is 7.88. The number of pyridine rings is 2. The third-order valence-electron chi connectivity index (χ3n) is 5.31.